The average Bonchev–Trinajstić information content (AvgIpc) is 2.64. The van der Waals surface area contributed by atoms with E-state index in [4.69, 9.17) is 16.7 Å². The van der Waals surface area contributed by atoms with Gasteiger partial charge in [-0.3, -0.25) is 4.68 Å². The highest BCUT2D eigenvalue weighted by molar-refractivity contribution is 6.33. The molecule has 0 radical (unpaired) electrons. The summed E-state index contributed by atoms with van der Waals surface area (Å²) < 4.78 is 1.76. The van der Waals surface area contributed by atoms with Crippen LogP contribution in [0.5, 0.6) is 0 Å². The fourth-order valence-electron chi connectivity index (χ4n) is 1.50. The number of nitrogens with zero attached hydrogens (tertiary/aromatic N) is 2. The summed E-state index contributed by atoms with van der Waals surface area (Å²) in [5.41, 5.74) is 2.70. The second-order valence-electron chi connectivity index (χ2n) is 3.31. The van der Waals surface area contributed by atoms with Crippen LogP contribution >= 0.6 is 11.6 Å². The number of aliphatic hydroxyl groups is 1. The fourth-order valence-corrected chi connectivity index (χ4v) is 1.80. The molecule has 1 aromatic heterocycles. The largest absolute Gasteiger partial charge is 0.392 e. The third-order valence-electron chi connectivity index (χ3n) is 2.31. The van der Waals surface area contributed by atoms with E-state index in [0.29, 0.717) is 5.02 Å². The maximum Gasteiger partial charge on any atom is 0.0693 e. The Bertz CT molecular complexity index is 479. The van der Waals surface area contributed by atoms with Crippen molar-refractivity contribution in [3.8, 4) is 11.3 Å². The summed E-state index contributed by atoms with van der Waals surface area (Å²) in [5, 5.41) is 13.7. The predicted molar refractivity (Wildman–Crippen MR) is 59.6 cm³/mol. The van der Waals surface area contributed by atoms with Gasteiger partial charge in [0.2, 0.25) is 0 Å². The molecule has 0 aliphatic heterocycles. The first kappa shape index (κ1) is 10.2. The molecule has 0 saturated heterocycles. The number of halogens is 1. The lowest BCUT2D eigenvalue weighted by Crippen LogP contribution is -1.94. The number of hydrogen-bond acceptors (Lipinski definition) is 2. The third kappa shape index (κ3) is 1.89. The summed E-state index contributed by atoms with van der Waals surface area (Å²) in [7, 11) is 1.87. The molecule has 0 atom stereocenters. The van der Waals surface area contributed by atoms with Gasteiger partial charge in [0.25, 0.3) is 0 Å². The van der Waals surface area contributed by atoms with Gasteiger partial charge in [-0.25, -0.2) is 0 Å². The van der Waals surface area contributed by atoms with Gasteiger partial charge in [0.1, 0.15) is 0 Å². The minimum absolute atomic E-state index is 0.00534. The molecule has 4 heteroatoms. The van der Waals surface area contributed by atoms with E-state index in [1.165, 1.54) is 0 Å². The maximum atomic E-state index is 8.96. The van der Waals surface area contributed by atoms with Crippen molar-refractivity contribution < 1.29 is 5.11 Å². The van der Waals surface area contributed by atoms with Gasteiger partial charge in [-0.05, 0) is 17.7 Å². The van der Waals surface area contributed by atoms with Crippen LogP contribution < -0.4 is 0 Å². The molecular formula is C11H11ClN2O. The quantitative estimate of drug-likeness (QED) is 0.846. The zero-order valence-electron chi connectivity index (χ0n) is 8.31. The number of aliphatic hydroxyl groups excluding tert-OH is 1. The van der Waals surface area contributed by atoms with Gasteiger partial charge in [0.15, 0.2) is 0 Å². The van der Waals surface area contributed by atoms with Crippen LogP contribution in [0.4, 0.5) is 0 Å². The topological polar surface area (TPSA) is 38.0 Å². The summed E-state index contributed by atoms with van der Waals surface area (Å²) in [6.45, 7) is 0.00534. The summed E-state index contributed by atoms with van der Waals surface area (Å²) in [5.74, 6) is 0. The Morgan fingerprint density at radius 2 is 2.20 bits per heavy atom. The van der Waals surface area contributed by atoms with Gasteiger partial charge in [-0.2, -0.15) is 5.10 Å². The van der Waals surface area contributed by atoms with Crippen molar-refractivity contribution in [3.05, 3.63) is 41.0 Å². The van der Waals surface area contributed by atoms with Gasteiger partial charge in [-0.1, -0.05) is 23.7 Å². The second-order valence-corrected chi connectivity index (χ2v) is 3.72. The van der Waals surface area contributed by atoms with Gasteiger partial charge in [-0.15, -0.1) is 0 Å². The molecule has 15 heavy (non-hydrogen) atoms. The van der Waals surface area contributed by atoms with Crippen molar-refractivity contribution in [2.24, 2.45) is 7.05 Å². The molecule has 1 N–H and O–H groups in total. The summed E-state index contributed by atoms with van der Waals surface area (Å²) in [6.07, 6.45) is 1.73. The minimum Gasteiger partial charge on any atom is -0.392 e. The molecular weight excluding hydrogens is 212 g/mol. The fraction of sp³-hybridized carbons (Fsp3) is 0.182. The molecule has 2 rings (SSSR count). The Labute approximate surface area is 92.9 Å². The molecule has 0 aliphatic rings. The Kier molecular flexibility index (Phi) is 2.75. The lowest BCUT2D eigenvalue weighted by molar-refractivity contribution is 0.282. The monoisotopic (exact) mass is 222 g/mol. The molecule has 0 bridgehead atoms. The number of aromatic nitrogens is 2. The van der Waals surface area contributed by atoms with E-state index in [0.717, 1.165) is 16.8 Å². The number of benzene rings is 1. The van der Waals surface area contributed by atoms with E-state index in [-0.39, 0.29) is 6.61 Å². The molecule has 0 spiro atoms. The molecule has 1 heterocycles. The molecule has 0 amide bonds. The van der Waals surface area contributed by atoms with Crippen molar-refractivity contribution in [1.82, 2.24) is 9.78 Å². The Morgan fingerprint density at radius 1 is 1.40 bits per heavy atom. The van der Waals surface area contributed by atoms with E-state index in [1.807, 2.05) is 25.2 Å². The summed E-state index contributed by atoms with van der Waals surface area (Å²) in [6, 6.07) is 7.42. The van der Waals surface area contributed by atoms with E-state index < -0.39 is 0 Å². The minimum atomic E-state index is 0.00534. The molecule has 3 nitrogen and oxygen atoms in total. The number of hydrogen-bond donors (Lipinski definition) is 1. The highest BCUT2D eigenvalue weighted by Crippen LogP contribution is 2.28. The van der Waals surface area contributed by atoms with Gasteiger partial charge in [0, 0.05) is 18.8 Å². The van der Waals surface area contributed by atoms with Crippen LogP contribution in [-0.4, -0.2) is 14.9 Å². The summed E-state index contributed by atoms with van der Waals surface area (Å²) in [4.78, 5) is 0. The van der Waals surface area contributed by atoms with Crippen molar-refractivity contribution in [1.29, 1.82) is 0 Å². The van der Waals surface area contributed by atoms with Crippen molar-refractivity contribution in [2.45, 2.75) is 6.61 Å². The van der Waals surface area contributed by atoms with Crippen molar-refractivity contribution in [3.63, 3.8) is 0 Å². The van der Waals surface area contributed by atoms with Gasteiger partial charge < -0.3 is 5.11 Å². The standard InChI is InChI=1S/C11H11ClN2O/c1-14-11(4-5-13-14)9-3-2-8(7-15)6-10(9)12/h2-6,15H,7H2,1H3. The van der Waals surface area contributed by atoms with Crippen LogP contribution in [0.25, 0.3) is 11.3 Å². The first-order valence-electron chi connectivity index (χ1n) is 4.60. The van der Waals surface area contributed by atoms with Gasteiger partial charge in [0.05, 0.1) is 17.3 Å². The normalized spacial score (nSPS) is 10.6. The third-order valence-corrected chi connectivity index (χ3v) is 2.63. The molecule has 2 aromatic rings. The maximum absolute atomic E-state index is 8.96. The van der Waals surface area contributed by atoms with E-state index in [2.05, 4.69) is 5.10 Å². The first-order valence-corrected chi connectivity index (χ1v) is 4.98. The van der Waals surface area contributed by atoms with Crippen LogP contribution in [0.15, 0.2) is 30.5 Å². The van der Waals surface area contributed by atoms with Crippen LogP contribution in [0, 0.1) is 0 Å². The first-order chi connectivity index (χ1) is 7.22. The lowest BCUT2D eigenvalue weighted by Gasteiger charge is -2.06. The number of rotatable bonds is 2. The van der Waals surface area contributed by atoms with Gasteiger partial charge >= 0.3 is 0 Å². The van der Waals surface area contributed by atoms with Crippen molar-refractivity contribution >= 4 is 11.6 Å². The molecule has 78 valence electrons. The molecule has 0 unspecified atom stereocenters. The molecule has 1 aromatic carbocycles. The lowest BCUT2D eigenvalue weighted by atomic mass is 10.1. The molecule has 0 saturated carbocycles. The molecule has 0 aliphatic carbocycles. The van der Waals surface area contributed by atoms with Crippen LogP contribution in [-0.2, 0) is 13.7 Å². The zero-order valence-corrected chi connectivity index (χ0v) is 9.07. The molecule has 0 fully saturated rings. The Hall–Kier alpha value is -1.32. The zero-order chi connectivity index (χ0) is 10.8. The summed E-state index contributed by atoms with van der Waals surface area (Å²) >= 11 is 6.12. The Balaban J connectivity index is 2.50. The highest BCUT2D eigenvalue weighted by atomic mass is 35.5. The van der Waals surface area contributed by atoms with Crippen LogP contribution in [0.3, 0.4) is 0 Å². The van der Waals surface area contributed by atoms with E-state index in [9.17, 15) is 0 Å². The number of aryl methyl sites for hydroxylation is 1. The smallest absolute Gasteiger partial charge is 0.0693 e. The van der Waals surface area contributed by atoms with Crippen molar-refractivity contribution in [2.75, 3.05) is 0 Å². The Morgan fingerprint density at radius 3 is 2.73 bits per heavy atom. The van der Waals surface area contributed by atoms with Crippen LogP contribution in [0.1, 0.15) is 5.56 Å². The highest BCUT2D eigenvalue weighted by Gasteiger charge is 2.07. The SMILES string of the molecule is Cn1nccc1-c1ccc(CO)cc1Cl. The van der Waals surface area contributed by atoms with E-state index >= 15 is 0 Å². The predicted octanol–water partition coefficient (Wildman–Crippen LogP) is 2.23. The van der Waals surface area contributed by atoms with E-state index in [1.54, 1.807) is 16.9 Å². The average molecular weight is 223 g/mol. The van der Waals surface area contributed by atoms with Crippen LogP contribution in [0.2, 0.25) is 5.02 Å². The second kappa shape index (κ2) is 4.04.